The van der Waals surface area contributed by atoms with Gasteiger partial charge in [-0.3, -0.25) is 0 Å². The molecule has 0 bridgehead atoms. The zero-order valence-electron chi connectivity index (χ0n) is 14.1. The lowest BCUT2D eigenvalue weighted by Gasteiger charge is -2.29. The van der Waals surface area contributed by atoms with E-state index in [1.54, 1.807) is 0 Å². The van der Waals surface area contributed by atoms with Crippen molar-refractivity contribution in [2.24, 2.45) is 0 Å². The molecule has 5 rings (SSSR count). The fourth-order valence-electron chi connectivity index (χ4n) is 3.64. The number of hydrogen-bond acceptors (Lipinski definition) is 4. The number of aryl methyl sites for hydroxylation is 1. The Morgan fingerprint density at radius 1 is 1.00 bits per heavy atom. The van der Waals surface area contributed by atoms with Crippen LogP contribution in [0.5, 0.6) is 0 Å². The van der Waals surface area contributed by atoms with Crippen LogP contribution in [0.25, 0.3) is 27.5 Å². The molecule has 1 fully saturated rings. The maximum absolute atomic E-state index is 4.84. The number of anilines is 1. The van der Waals surface area contributed by atoms with Crippen molar-refractivity contribution in [3.8, 4) is 0 Å². The highest BCUT2D eigenvalue weighted by atomic mass is 35.5. The van der Waals surface area contributed by atoms with Crippen LogP contribution < -0.4 is 10.2 Å². The summed E-state index contributed by atoms with van der Waals surface area (Å²) in [4.78, 5) is 7.26. The Bertz CT molecular complexity index is 1070. The lowest BCUT2D eigenvalue weighted by Crippen LogP contribution is -2.43. The van der Waals surface area contributed by atoms with E-state index in [1.807, 2.05) is 4.52 Å². The number of imidazole rings is 1. The van der Waals surface area contributed by atoms with Crippen LogP contribution in [0.2, 0.25) is 0 Å². The number of nitrogens with zero attached hydrogens (tertiary/aromatic N) is 4. The van der Waals surface area contributed by atoms with Crippen molar-refractivity contribution in [3.05, 3.63) is 48.2 Å². The standard InChI is InChI=1S/C19H19N5.ClH/c1-13-15-4-2-3-5-16(15)19-21-17-7-6-14(12-18(17)24(19)22-13)23-10-8-20-9-11-23;/h2-7,12,20H,8-11H2,1H3;1H. The SMILES string of the molecule is Cc1nn2c3cc(N4CCNCC4)ccc3nc2c2ccccc12.Cl. The first-order valence-electron chi connectivity index (χ1n) is 8.45. The number of aromatic nitrogens is 3. The predicted molar refractivity (Wildman–Crippen MR) is 105 cm³/mol. The number of hydrogen-bond donors (Lipinski definition) is 1. The zero-order chi connectivity index (χ0) is 16.1. The number of piperazine rings is 1. The van der Waals surface area contributed by atoms with Gasteiger partial charge in [0.05, 0.1) is 16.7 Å². The lowest BCUT2D eigenvalue weighted by atomic mass is 10.1. The van der Waals surface area contributed by atoms with Gasteiger partial charge in [-0.05, 0) is 25.1 Å². The van der Waals surface area contributed by atoms with Gasteiger partial charge in [0.25, 0.3) is 0 Å². The van der Waals surface area contributed by atoms with Gasteiger partial charge >= 0.3 is 0 Å². The van der Waals surface area contributed by atoms with Crippen molar-refractivity contribution in [2.75, 3.05) is 31.1 Å². The molecule has 0 amide bonds. The zero-order valence-corrected chi connectivity index (χ0v) is 14.9. The molecule has 2 aromatic heterocycles. The van der Waals surface area contributed by atoms with Crippen LogP contribution >= 0.6 is 12.4 Å². The third kappa shape index (κ3) is 2.51. The number of rotatable bonds is 1. The Labute approximate surface area is 152 Å². The molecule has 4 aromatic rings. The lowest BCUT2D eigenvalue weighted by molar-refractivity contribution is 0.589. The van der Waals surface area contributed by atoms with Crippen molar-refractivity contribution in [1.82, 2.24) is 19.9 Å². The number of halogens is 1. The minimum atomic E-state index is 0. The molecule has 1 saturated heterocycles. The van der Waals surface area contributed by atoms with Crippen molar-refractivity contribution < 1.29 is 0 Å². The van der Waals surface area contributed by atoms with Gasteiger partial charge in [-0.1, -0.05) is 24.3 Å². The van der Waals surface area contributed by atoms with Gasteiger partial charge in [0, 0.05) is 42.6 Å². The fraction of sp³-hybridized carbons (Fsp3) is 0.263. The average Bonchev–Trinajstić information content (AvgIpc) is 3.01. The third-order valence-electron chi connectivity index (χ3n) is 4.90. The van der Waals surface area contributed by atoms with Crippen molar-refractivity contribution in [3.63, 3.8) is 0 Å². The molecule has 128 valence electrons. The minimum Gasteiger partial charge on any atom is -0.369 e. The van der Waals surface area contributed by atoms with Gasteiger partial charge in [-0.25, -0.2) is 9.50 Å². The molecule has 0 radical (unpaired) electrons. The van der Waals surface area contributed by atoms with Gasteiger partial charge in [0.1, 0.15) is 0 Å². The highest BCUT2D eigenvalue weighted by molar-refractivity contribution is 5.99. The smallest absolute Gasteiger partial charge is 0.162 e. The van der Waals surface area contributed by atoms with Crippen LogP contribution in [0.4, 0.5) is 5.69 Å². The highest BCUT2D eigenvalue weighted by Gasteiger charge is 2.15. The Balaban J connectivity index is 0.00000157. The topological polar surface area (TPSA) is 45.5 Å². The molecule has 3 heterocycles. The molecule has 0 atom stereocenters. The minimum absolute atomic E-state index is 0. The van der Waals surface area contributed by atoms with E-state index in [-0.39, 0.29) is 12.4 Å². The second kappa shape index (κ2) is 6.17. The van der Waals surface area contributed by atoms with Crippen molar-refractivity contribution >= 4 is 45.5 Å². The Kier molecular flexibility index (Phi) is 3.98. The molecule has 0 unspecified atom stereocenters. The van der Waals surface area contributed by atoms with Gasteiger partial charge < -0.3 is 10.2 Å². The summed E-state index contributed by atoms with van der Waals surface area (Å²) < 4.78 is 2.00. The van der Waals surface area contributed by atoms with Gasteiger partial charge in [0.2, 0.25) is 0 Å². The van der Waals surface area contributed by atoms with E-state index in [2.05, 4.69) is 59.6 Å². The molecule has 0 saturated carbocycles. The second-order valence-corrected chi connectivity index (χ2v) is 6.39. The maximum atomic E-state index is 4.84. The van der Waals surface area contributed by atoms with Crippen LogP contribution in [-0.4, -0.2) is 40.8 Å². The Morgan fingerprint density at radius 2 is 1.76 bits per heavy atom. The molecule has 1 aliphatic heterocycles. The molecule has 0 aliphatic carbocycles. The molecule has 0 spiro atoms. The molecule has 1 aliphatic rings. The van der Waals surface area contributed by atoms with E-state index in [0.29, 0.717) is 0 Å². The maximum Gasteiger partial charge on any atom is 0.162 e. The largest absolute Gasteiger partial charge is 0.369 e. The van der Waals surface area contributed by atoms with E-state index in [9.17, 15) is 0 Å². The summed E-state index contributed by atoms with van der Waals surface area (Å²) in [6.45, 7) is 6.21. The van der Waals surface area contributed by atoms with Crippen LogP contribution in [0.1, 0.15) is 5.69 Å². The van der Waals surface area contributed by atoms with Crippen LogP contribution in [0.3, 0.4) is 0 Å². The van der Waals surface area contributed by atoms with Gasteiger partial charge in [0.15, 0.2) is 5.65 Å². The molecule has 2 aromatic carbocycles. The molecule has 25 heavy (non-hydrogen) atoms. The van der Waals surface area contributed by atoms with Crippen molar-refractivity contribution in [2.45, 2.75) is 6.92 Å². The Hall–Kier alpha value is -2.37. The summed E-state index contributed by atoms with van der Waals surface area (Å²) in [5.41, 5.74) is 5.29. The fourth-order valence-corrected chi connectivity index (χ4v) is 3.64. The normalized spacial score (nSPS) is 15.0. The van der Waals surface area contributed by atoms with E-state index >= 15 is 0 Å². The molecular formula is C19H20ClN5. The summed E-state index contributed by atoms with van der Waals surface area (Å²) in [7, 11) is 0. The van der Waals surface area contributed by atoms with E-state index in [1.165, 1.54) is 11.1 Å². The number of nitrogens with one attached hydrogen (secondary N) is 1. The van der Waals surface area contributed by atoms with E-state index in [0.717, 1.165) is 53.9 Å². The molecule has 6 heteroatoms. The molecule has 1 N–H and O–H groups in total. The summed E-state index contributed by atoms with van der Waals surface area (Å²) in [5.74, 6) is 0. The summed E-state index contributed by atoms with van der Waals surface area (Å²) in [6.07, 6.45) is 0. The summed E-state index contributed by atoms with van der Waals surface area (Å²) in [6, 6.07) is 14.9. The second-order valence-electron chi connectivity index (χ2n) is 6.39. The van der Waals surface area contributed by atoms with Crippen LogP contribution in [0, 0.1) is 6.92 Å². The average molecular weight is 354 g/mol. The summed E-state index contributed by atoms with van der Waals surface area (Å²) in [5, 5.41) is 10.5. The molecular weight excluding hydrogens is 334 g/mol. The first-order valence-corrected chi connectivity index (χ1v) is 8.45. The quantitative estimate of drug-likeness (QED) is 0.571. The van der Waals surface area contributed by atoms with Crippen molar-refractivity contribution in [1.29, 1.82) is 0 Å². The number of benzene rings is 2. The monoisotopic (exact) mass is 353 g/mol. The van der Waals surface area contributed by atoms with E-state index < -0.39 is 0 Å². The highest BCUT2D eigenvalue weighted by Crippen LogP contribution is 2.27. The first-order chi connectivity index (χ1) is 11.8. The summed E-state index contributed by atoms with van der Waals surface area (Å²) >= 11 is 0. The van der Waals surface area contributed by atoms with Gasteiger partial charge in [-0.15, -0.1) is 12.4 Å². The van der Waals surface area contributed by atoms with Crippen LogP contribution in [0.15, 0.2) is 42.5 Å². The third-order valence-corrected chi connectivity index (χ3v) is 4.90. The Morgan fingerprint density at radius 3 is 2.56 bits per heavy atom. The van der Waals surface area contributed by atoms with Gasteiger partial charge in [-0.2, -0.15) is 5.10 Å². The first kappa shape index (κ1) is 16.1. The van der Waals surface area contributed by atoms with E-state index in [4.69, 9.17) is 10.1 Å². The van der Waals surface area contributed by atoms with Crippen LogP contribution in [-0.2, 0) is 0 Å². The molecule has 5 nitrogen and oxygen atoms in total. The number of fused-ring (bicyclic) bond motifs is 5. The predicted octanol–water partition coefficient (Wildman–Crippen LogP) is 3.18.